The lowest BCUT2D eigenvalue weighted by Crippen LogP contribution is -2.02. The first-order valence-corrected chi connectivity index (χ1v) is 5.01. The van der Waals surface area contributed by atoms with Gasteiger partial charge in [0.1, 0.15) is 11.6 Å². The van der Waals surface area contributed by atoms with Gasteiger partial charge in [-0.15, -0.1) is 0 Å². The number of aromatic nitrogens is 1. The number of nitrogens with zero attached hydrogens (tertiary/aromatic N) is 1. The Labute approximate surface area is 94.5 Å². The summed E-state index contributed by atoms with van der Waals surface area (Å²) in [5.41, 5.74) is 3.00. The molecule has 16 heavy (non-hydrogen) atoms. The smallest absolute Gasteiger partial charge is 0.348 e. The van der Waals surface area contributed by atoms with Crippen molar-refractivity contribution in [1.29, 1.82) is 5.26 Å². The average molecular weight is 218 g/mol. The molecule has 1 heterocycles. The minimum Gasteiger partial charge on any atom is -0.465 e. The van der Waals surface area contributed by atoms with Crippen LogP contribution in [0.2, 0.25) is 0 Å². The van der Waals surface area contributed by atoms with Crippen LogP contribution >= 0.6 is 0 Å². The van der Waals surface area contributed by atoms with Gasteiger partial charge < -0.3 is 9.72 Å². The van der Waals surface area contributed by atoms with E-state index in [0.29, 0.717) is 0 Å². The summed E-state index contributed by atoms with van der Waals surface area (Å²) in [7, 11) is 1.26. The van der Waals surface area contributed by atoms with Crippen molar-refractivity contribution in [2.75, 3.05) is 7.11 Å². The molecule has 0 radical (unpaired) electrons. The normalized spacial score (nSPS) is 11.0. The molecule has 0 bridgehead atoms. The number of ether oxygens (including phenoxy) is 1. The molecule has 0 unspecified atom stereocenters. The second kappa shape index (κ2) is 5.17. The third kappa shape index (κ3) is 2.31. The van der Waals surface area contributed by atoms with E-state index < -0.39 is 5.97 Å². The summed E-state index contributed by atoms with van der Waals surface area (Å²) in [6.45, 7) is 4.00. The Morgan fingerprint density at radius 3 is 2.81 bits per heavy atom. The van der Waals surface area contributed by atoms with E-state index in [1.807, 2.05) is 19.2 Å². The van der Waals surface area contributed by atoms with Gasteiger partial charge in [0.2, 0.25) is 0 Å². The van der Waals surface area contributed by atoms with Gasteiger partial charge in [0, 0.05) is 11.9 Å². The van der Waals surface area contributed by atoms with Gasteiger partial charge in [-0.25, -0.2) is 4.79 Å². The molecule has 0 aromatic carbocycles. The van der Waals surface area contributed by atoms with Crippen molar-refractivity contribution in [3.8, 4) is 6.07 Å². The molecule has 1 aromatic rings. The summed E-state index contributed by atoms with van der Waals surface area (Å²) < 4.78 is 4.50. The zero-order chi connectivity index (χ0) is 12.1. The number of methoxy groups -OCH3 is 1. The quantitative estimate of drug-likeness (QED) is 0.479. The molecule has 0 amide bonds. The Balaban J connectivity index is 3.10. The molecular weight excluding hydrogens is 204 g/mol. The molecule has 0 aliphatic rings. The van der Waals surface area contributed by atoms with Gasteiger partial charge in [-0.05, 0) is 30.5 Å². The van der Waals surface area contributed by atoms with E-state index in [1.54, 1.807) is 0 Å². The lowest BCUT2D eigenvalue weighted by atomic mass is 10.1. The van der Waals surface area contributed by atoms with E-state index in [4.69, 9.17) is 5.26 Å². The van der Waals surface area contributed by atoms with Gasteiger partial charge in [0.15, 0.2) is 0 Å². The molecule has 84 valence electrons. The van der Waals surface area contributed by atoms with Crippen LogP contribution < -0.4 is 0 Å². The minimum absolute atomic E-state index is 0.00453. The number of hydrogen-bond acceptors (Lipinski definition) is 3. The van der Waals surface area contributed by atoms with Crippen LogP contribution in [0.25, 0.3) is 6.08 Å². The fourth-order valence-electron chi connectivity index (χ4n) is 1.46. The van der Waals surface area contributed by atoms with Gasteiger partial charge in [-0.3, -0.25) is 0 Å². The van der Waals surface area contributed by atoms with Crippen LogP contribution in [0.15, 0.2) is 11.8 Å². The first-order valence-electron chi connectivity index (χ1n) is 5.01. The van der Waals surface area contributed by atoms with E-state index in [9.17, 15) is 4.79 Å². The van der Waals surface area contributed by atoms with Crippen molar-refractivity contribution in [3.05, 3.63) is 28.6 Å². The summed E-state index contributed by atoms with van der Waals surface area (Å²) in [6.07, 6.45) is 4.31. The maximum atomic E-state index is 11.2. The van der Waals surface area contributed by atoms with Gasteiger partial charge >= 0.3 is 5.97 Å². The van der Waals surface area contributed by atoms with Crippen LogP contribution in [0.3, 0.4) is 0 Å². The van der Waals surface area contributed by atoms with E-state index >= 15 is 0 Å². The summed E-state index contributed by atoms with van der Waals surface area (Å²) in [4.78, 5) is 14.2. The number of aryl methyl sites for hydroxylation is 1. The lowest BCUT2D eigenvalue weighted by Gasteiger charge is -1.97. The number of nitriles is 1. The summed E-state index contributed by atoms with van der Waals surface area (Å²) in [5.74, 6) is -0.616. The van der Waals surface area contributed by atoms with Gasteiger partial charge in [0.05, 0.1) is 7.11 Å². The molecule has 0 spiro atoms. The monoisotopic (exact) mass is 218 g/mol. The van der Waals surface area contributed by atoms with Crippen LogP contribution in [-0.2, 0) is 16.0 Å². The molecule has 4 heteroatoms. The van der Waals surface area contributed by atoms with E-state index in [0.717, 1.165) is 17.7 Å². The number of esters is 1. The zero-order valence-electron chi connectivity index (χ0n) is 9.63. The first kappa shape index (κ1) is 12.1. The largest absolute Gasteiger partial charge is 0.465 e. The molecular formula is C12H14N2O2. The first-order chi connectivity index (χ1) is 7.63. The fraction of sp³-hybridized carbons (Fsp3) is 0.333. The Hall–Kier alpha value is -2.02. The number of aromatic amines is 1. The number of rotatable bonds is 3. The third-order valence-electron chi connectivity index (χ3n) is 2.48. The predicted molar refractivity (Wildman–Crippen MR) is 60.5 cm³/mol. The second-order valence-electron chi connectivity index (χ2n) is 3.37. The third-order valence-corrected chi connectivity index (χ3v) is 2.48. The van der Waals surface area contributed by atoms with Crippen molar-refractivity contribution in [2.24, 2.45) is 0 Å². The van der Waals surface area contributed by atoms with E-state index in [2.05, 4.69) is 16.6 Å². The molecule has 0 saturated carbocycles. The average Bonchev–Trinajstić information content (AvgIpc) is 2.66. The summed E-state index contributed by atoms with van der Waals surface area (Å²) in [6, 6.07) is 1.82. The zero-order valence-corrected chi connectivity index (χ0v) is 9.63. The van der Waals surface area contributed by atoms with Gasteiger partial charge in [0.25, 0.3) is 0 Å². The highest BCUT2D eigenvalue weighted by atomic mass is 16.5. The minimum atomic E-state index is -0.616. The molecule has 0 atom stereocenters. The maximum Gasteiger partial charge on any atom is 0.348 e. The number of hydrogen-bond donors (Lipinski definition) is 1. The van der Waals surface area contributed by atoms with Gasteiger partial charge in [-0.1, -0.05) is 6.92 Å². The van der Waals surface area contributed by atoms with Crippen LogP contribution in [0.1, 0.15) is 23.7 Å². The Morgan fingerprint density at radius 1 is 1.69 bits per heavy atom. The predicted octanol–water partition coefficient (Wildman–Crippen LogP) is 1.97. The van der Waals surface area contributed by atoms with Gasteiger partial charge in [-0.2, -0.15) is 5.26 Å². The molecule has 1 aromatic heterocycles. The standard InChI is InChI=1S/C12H14N2O2/c1-4-9-7-14-11(8(9)2)5-10(6-13)12(15)16-3/h5,7,14H,4H2,1-3H3/b10-5+. The lowest BCUT2D eigenvalue weighted by molar-refractivity contribution is -0.135. The summed E-state index contributed by atoms with van der Waals surface area (Å²) in [5, 5.41) is 8.81. The van der Waals surface area contributed by atoms with E-state index in [-0.39, 0.29) is 5.57 Å². The molecule has 4 nitrogen and oxygen atoms in total. The van der Waals surface area contributed by atoms with E-state index in [1.165, 1.54) is 18.7 Å². The van der Waals surface area contributed by atoms with Crippen LogP contribution in [-0.4, -0.2) is 18.1 Å². The maximum absolute atomic E-state index is 11.2. The topological polar surface area (TPSA) is 65.9 Å². The van der Waals surface area contributed by atoms with Crippen LogP contribution in [0.4, 0.5) is 0 Å². The SMILES string of the molecule is CCc1c[nH]c(/C=C(\C#N)C(=O)OC)c1C. The van der Waals surface area contributed by atoms with Crippen molar-refractivity contribution in [1.82, 2.24) is 4.98 Å². The Morgan fingerprint density at radius 2 is 2.38 bits per heavy atom. The Bertz CT molecular complexity index is 464. The van der Waals surface area contributed by atoms with Crippen molar-refractivity contribution < 1.29 is 9.53 Å². The Kier molecular flexibility index (Phi) is 3.90. The summed E-state index contributed by atoms with van der Waals surface area (Å²) >= 11 is 0. The van der Waals surface area contributed by atoms with Crippen molar-refractivity contribution >= 4 is 12.0 Å². The molecule has 0 aliphatic heterocycles. The molecule has 0 aliphatic carbocycles. The highest BCUT2D eigenvalue weighted by Crippen LogP contribution is 2.16. The van der Waals surface area contributed by atoms with Crippen molar-refractivity contribution in [3.63, 3.8) is 0 Å². The second-order valence-corrected chi connectivity index (χ2v) is 3.37. The molecule has 0 saturated heterocycles. The molecule has 1 N–H and O–H groups in total. The fourth-order valence-corrected chi connectivity index (χ4v) is 1.46. The molecule has 1 rings (SSSR count). The van der Waals surface area contributed by atoms with Crippen molar-refractivity contribution in [2.45, 2.75) is 20.3 Å². The number of H-pyrrole nitrogens is 1. The van der Waals surface area contributed by atoms with Crippen LogP contribution in [0.5, 0.6) is 0 Å². The highest BCUT2D eigenvalue weighted by Gasteiger charge is 2.11. The molecule has 0 fully saturated rings. The van der Waals surface area contributed by atoms with Crippen LogP contribution in [0, 0.1) is 18.3 Å². The number of carbonyl (C=O) groups is 1. The number of carbonyl (C=O) groups excluding carboxylic acids is 1. The highest BCUT2D eigenvalue weighted by molar-refractivity contribution is 5.97. The number of nitrogens with one attached hydrogen (secondary N) is 1.